The van der Waals surface area contributed by atoms with Crippen molar-refractivity contribution < 1.29 is 47.8 Å². The molecule has 0 spiro atoms. The van der Waals surface area contributed by atoms with Gasteiger partial charge < -0.3 is 24.6 Å². The van der Waals surface area contributed by atoms with Crippen LogP contribution in [0.3, 0.4) is 0 Å². The predicted molar refractivity (Wildman–Crippen MR) is 219 cm³/mol. The summed E-state index contributed by atoms with van der Waals surface area (Å²) >= 11 is 0. The number of unbranched alkanes of at least 4 members (excludes halogenated alkanes) is 14. The van der Waals surface area contributed by atoms with Gasteiger partial charge in [-0.2, -0.15) is 0 Å². The first-order chi connectivity index (χ1) is 26.2. The van der Waals surface area contributed by atoms with Crippen LogP contribution in [-0.4, -0.2) is 65.7 Å². The molecule has 0 rings (SSSR count). The molecule has 0 fully saturated rings. The van der Waals surface area contributed by atoms with E-state index < -0.39 is 51.8 Å². The van der Waals surface area contributed by atoms with Crippen LogP contribution >= 0.6 is 7.82 Å². The summed E-state index contributed by atoms with van der Waals surface area (Å²) in [6.07, 6.45) is 41.9. The first kappa shape index (κ1) is 51.7. The zero-order valence-corrected chi connectivity index (χ0v) is 34.6. The van der Waals surface area contributed by atoms with Gasteiger partial charge in [0.05, 0.1) is 19.8 Å². The molecule has 0 radical (unpaired) electrons. The van der Waals surface area contributed by atoms with Crippen LogP contribution in [0.2, 0.25) is 0 Å². The van der Waals surface area contributed by atoms with Crippen LogP contribution in [0.25, 0.3) is 0 Å². The Morgan fingerprint density at radius 3 is 1.52 bits per heavy atom. The SMILES string of the molecule is CC/C=C\C/C=C\C/C=C\C/C=C\C/C=C\CCCC(=O)OC(COC(=O)CCCCCCCCCCCCCCCC)COP(=O)(O)OCC(O)CO. The van der Waals surface area contributed by atoms with Crippen molar-refractivity contribution in [3.8, 4) is 0 Å². The van der Waals surface area contributed by atoms with Crippen LogP contribution < -0.4 is 0 Å². The molecule has 0 aromatic rings. The molecule has 0 heterocycles. The second-order valence-corrected chi connectivity index (χ2v) is 15.1. The number of aliphatic hydroxyl groups excluding tert-OH is 2. The smallest absolute Gasteiger partial charge is 0.462 e. The van der Waals surface area contributed by atoms with Crippen molar-refractivity contribution in [3.05, 3.63) is 60.8 Å². The van der Waals surface area contributed by atoms with Gasteiger partial charge in [0.25, 0.3) is 0 Å². The molecule has 0 aliphatic rings. The minimum Gasteiger partial charge on any atom is -0.462 e. The standard InChI is InChI=1S/C43H75O10P/c1-3-5-7-9-11-13-15-17-19-20-21-23-25-27-29-31-33-35-43(47)53-41(39-52-54(48,49)51-37-40(45)36-44)38-50-42(46)34-32-30-28-26-24-22-18-16-14-12-10-8-6-4-2/h5,7,11,13,17,19,21,23,27,29,40-41,44-45H,3-4,6,8-10,12,14-16,18,20,22,24-26,28,30-39H2,1-2H3,(H,48,49)/b7-5-,13-11-,19-17-,23-21-,29-27-. The van der Waals surface area contributed by atoms with Crippen LogP contribution in [0.5, 0.6) is 0 Å². The molecule has 0 aromatic carbocycles. The van der Waals surface area contributed by atoms with Crippen LogP contribution in [0.1, 0.15) is 162 Å². The summed E-state index contributed by atoms with van der Waals surface area (Å²) in [5, 5.41) is 18.3. The summed E-state index contributed by atoms with van der Waals surface area (Å²) in [4.78, 5) is 34.9. The predicted octanol–water partition coefficient (Wildman–Crippen LogP) is 10.7. The largest absolute Gasteiger partial charge is 0.472 e. The second-order valence-electron chi connectivity index (χ2n) is 13.6. The number of carbonyl (C=O) groups is 2. The van der Waals surface area contributed by atoms with Crippen molar-refractivity contribution in [1.29, 1.82) is 0 Å². The van der Waals surface area contributed by atoms with Crippen molar-refractivity contribution in [2.24, 2.45) is 0 Å². The van der Waals surface area contributed by atoms with Gasteiger partial charge in [0, 0.05) is 12.8 Å². The van der Waals surface area contributed by atoms with E-state index in [-0.39, 0.29) is 19.4 Å². The van der Waals surface area contributed by atoms with E-state index in [1.54, 1.807) is 0 Å². The van der Waals surface area contributed by atoms with Gasteiger partial charge in [-0.15, -0.1) is 0 Å². The molecule has 0 saturated heterocycles. The van der Waals surface area contributed by atoms with E-state index in [1.165, 1.54) is 64.2 Å². The average molecular weight is 783 g/mol. The highest BCUT2D eigenvalue weighted by Crippen LogP contribution is 2.43. The minimum atomic E-state index is -4.63. The molecule has 0 bridgehead atoms. The third-order valence-corrected chi connectivity index (χ3v) is 9.39. The summed E-state index contributed by atoms with van der Waals surface area (Å²) in [6.45, 7) is 2.19. The maximum atomic E-state index is 12.6. The second kappa shape index (κ2) is 38.9. The van der Waals surface area contributed by atoms with E-state index in [9.17, 15) is 24.2 Å². The summed E-state index contributed by atoms with van der Waals surface area (Å²) in [7, 11) is -4.63. The highest BCUT2D eigenvalue weighted by Gasteiger charge is 2.27. The van der Waals surface area contributed by atoms with E-state index in [0.717, 1.165) is 51.4 Å². The maximum absolute atomic E-state index is 12.6. The van der Waals surface area contributed by atoms with Gasteiger partial charge in [-0.3, -0.25) is 18.6 Å². The molecule has 10 nitrogen and oxygen atoms in total. The Balaban J connectivity index is 4.43. The lowest BCUT2D eigenvalue weighted by atomic mass is 10.0. The van der Waals surface area contributed by atoms with Crippen molar-refractivity contribution >= 4 is 19.8 Å². The van der Waals surface area contributed by atoms with Gasteiger partial charge >= 0.3 is 19.8 Å². The Kier molecular flexibility index (Phi) is 37.2. The number of hydrogen-bond donors (Lipinski definition) is 3. The molecule has 3 atom stereocenters. The fourth-order valence-corrected chi connectivity index (χ4v) is 6.05. The normalized spacial score (nSPS) is 14.5. The molecular formula is C43H75O10P. The van der Waals surface area contributed by atoms with Gasteiger partial charge in [-0.05, 0) is 51.4 Å². The van der Waals surface area contributed by atoms with Gasteiger partial charge in [0.15, 0.2) is 6.10 Å². The fraction of sp³-hybridized carbons (Fsp3) is 0.721. The van der Waals surface area contributed by atoms with Crippen molar-refractivity contribution in [3.63, 3.8) is 0 Å². The molecule has 0 aliphatic carbocycles. The molecule has 3 unspecified atom stereocenters. The highest BCUT2D eigenvalue weighted by atomic mass is 31.2. The Morgan fingerprint density at radius 1 is 0.574 bits per heavy atom. The number of allylic oxidation sites excluding steroid dienone is 10. The molecule has 3 N–H and O–H groups in total. The summed E-state index contributed by atoms with van der Waals surface area (Å²) in [5.74, 6) is -0.994. The Hall–Kier alpha value is -2.33. The summed E-state index contributed by atoms with van der Waals surface area (Å²) in [6, 6.07) is 0. The first-order valence-electron chi connectivity index (χ1n) is 20.7. The number of phosphoric acid groups is 1. The average Bonchev–Trinajstić information content (AvgIpc) is 3.16. The first-order valence-corrected chi connectivity index (χ1v) is 22.2. The van der Waals surface area contributed by atoms with Crippen molar-refractivity contribution in [2.45, 2.75) is 174 Å². The molecular weight excluding hydrogens is 707 g/mol. The fourth-order valence-electron chi connectivity index (χ4n) is 5.26. The van der Waals surface area contributed by atoms with E-state index in [1.807, 2.05) is 12.2 Å². The van der Waals surface area contributed by atoms with E-state index in [2.05, 4.69) is 67.0 Å². The van der Waals surface area contributed by atoms with Crippen LogP contribution in [0.15, 0.2) is 60.8 Å². The Labute approximate surface area is 327 Å². The molecule has 54 heavy (non-hydrogen) atoms. The summed E-state index contributed by atoms with van der Waals surface area (Å²) < 4.78 is 32.6. The van der Waals surface area contributed by atoms with Gasteiger partial charge in [0.2, 0.25) is 0 Å². The molecule has 312 valence electrons. The molecule has 11 heteroatoms. The number of rotatable bonds is 38. The number of aliphatic hydroxyl groups is 2. The Bertz CT molecular complexity index is 1080. The quantitative estimate of drug-likeness (QED) is 0.0239. The van der Waals surface area contributed by atoms with E-state index >= 15 is 0 Å². The zero-order valence-electron chi connectivity index (χ0n) is 33.7. The zero-order chi connectivity index (χ0) is 39.8. The maximum Gasteiger partial charge on any atom is 0.472 e. The van der Waals surface area contributed by atoms with Crippen molar-refractivity contribution in [2.75, 3.05) is 26.4 Å². The third-order valence-electron chi connectivity index (χ3n) is 8.44. The molecule has 0 amide bonds. The number of ether oxygens (including phenoxy) is 2. The number of carbonyl (C=O) groups excluding carboxylic acids is 2. The lowest BCUT2D eigenvalue weighted by Crippen LogP contribution is -2.29. The highest BCUT2D eigenvalue weighted by molar-refractivity contribution is 7.47. The van der Waals surface area contributed by atoms with E-state index in [0.29, 0.717) is 19.3 Å². The monoisotopic (exact) mass is 783 g/mol. The topological polar surface area (TPSA) is 149 Å². The molecule has 0 aromatic heterocycles. The lowest BCUT2D eigenvalue weighted by molar-refractivity contribution is -0.161. The van der Waals surface area contributed by atoms with Crippen LogP contribution in [0.4, 0.5) is 0 Å². The van der Waals surface area contributed by atoms with Crippen molar-refractivity contribution in [1.82, 2.24) is 0 Å². The van der Waals surface area contributed by atoms with Gasteiger partial charge in [-0.1, -0.05) is 158 Å². The lowest BCUT2D eigenvalue weighted by Gasteiger charge is -2.20. The van der Waals surface area contributed by atoms with Crippen LogP contribution in [0, 0.1) is 0 Å². The minimum absolute atomic E-state index is 0.105. The van der Waals surface area contributed by atoms with Gasteiger partial charge in [-0.25, -0.2) is 4.57 Å². The number of esters is 2. The van der Waals surface area contributed by atoms with E-state index in [4.69, 9.17) is 19.1 Å². The number of hydrogen-bond acceptors (Lipinski definition) is 9. The third kappa shape index (κ3) is 38.0. The molecule has 0 aliphatic heterocycles. The molecule has 0 saturated carbocycles. The summed E-state index contributed by atoms with van der Waals surface area (Å²) in [5.41, 5.74) is 0. The number of phosphoric ester groups is 1. The van der Waals surface area contributed by atoms with Gasteiger partial charge in [0.1, 0.15) is 12.7 Å². The van der Waals surface area contributed by atoms with Crippen LogP contribution in [-0.2, 0) is 32.7 Å². The Morgan fingerprint density at radius 2 is 1.02 bits per heavy atom.